The number of nitrogens with one attached hydrogen (secondary N) is 2. The molecule has 0 aromatic heterocycles. The van der Waals surface area contributed by atoms with E-state index in [0.717, 1.165) is 31.0 Å². The van der Waals surface area contributed by atoms with Gasteiger partial charge in [-0.05, 0) is 37.0 Å². The number of rotatable bonds is 7. The highest BCUT2D eigenvalue weighted by Gasteiger charge is 2.02. The molecular weight excluding hydrogens is 391 g/mol. The minimum absolute atomic E-state index is 0. The van der Waals surface area contributed by atoms with Crippen LogP contribution in [-0.4, -0.2) is 25.0 Å². The molecule has 0 spiro atoms. The van der Waals surface area contributed by atoms with Crippen LogP contribution >= 0.6 is 24.0 Å². The van der Waals surface area contributed by atoms with Crippen LogP contribution in [0.5, 0.6) is 0 Å². The molecule has 1 aromatic rings. The van der Waals surface area contributed by atoms with Crippen LogP contribution in [0.1, 0.15) is 43.1 Å². The van der Waals surface area contributed by atoms with E-state index in [1.165, 1.54) is 0 Å². The van der Waals surface area contributed by atoms with E-state index in [1.807, 2.05) is 19.1 Å². The summed E-state index contributed by atoms with van der Waals surface area (Å²) in [5.41, 5.74) is 6.76. The van der Waals surface area contributed by atoms with E-state index in [4.69, 9.17) is 5.73 Å². The van der Waals surface area contributed by atoms with Crippen LogP contribution < -0.4 is 16.4 Å². The second-order valence-electron chi connectivity index (χ2n) is 5.37. The van der Waals surface area contributed by atoms with E-state index in [-0.39, 0.29) is 24.0 Å². The zero-order valence-electron chi connectivity index (χ0n) is 13.6. The Kier molecular flexibility index (Phi) is 10.6. The first-order valence-electron chi connectivity index (χ1n) is 7.43. The molecule has 0 heterocycles. The molecular formula is C16H27IN4O. The summed E-state index contributed by atoms with van der Waals surface area (Å²) in [7, 11) is 0. The first-order valence-corrected chi connectivity index (χ1v) is 7.43. The van der Waals surface area contributed by atoms with Crippen molar-refractivity contribution in [3.8, 4) is 0 Å². The number of nitrogens with zero attached hydrogens (tertiary/aromatic N) is 1. The molecule has 0 unspecified atom stereocenters. The Morgan fingerprint density at radius 2 is 2.05 bits per heavy atom. The van der Waals surface area contributed by atoms with Crippen LogP contribution in [0.3, 0.4) is 0 Å². The molecule has 0 aliphatic heterocycles. The van der Waals surface area contributed by atoms with E-state index >= 15 is 0 Å². The Morgan fingerprint density at radius 3 is 2.64 bits per heavy atom. The van der Waals surface area contributed by atoms with Crippen LogP contribution in [0.4, 0.5) is 0 Å². The average molecular weight is 418 g/mol. The number of carbonyl (C=O) groups excluding carboxylic acids is 1. The van der Waals surface area contributed by atoms with Gasteiger partial charge >= 0.3 is 0 Å². The van der Waals surface area contributed by atoms with Crippen LogP contribution in [0.15, 0.2) is 29.3 Å². The van der Waals surface area contributed by atoms with E-state index < -0.39 is 5.91 Å². The summed E-state index contributed by atoms with van der Waals surface area (Å²) in [5, 5.41) is 6.52. The maximum Gasteiger partial charge on any atom is 0.248 e. The molecule has 1 aromatic carbocycles. The van der Waals surface area contributed by atoms with Gasteiger partial charge in [-0.3, -0.25) is 4.79 Å². The number of guanidine groups is 1. The summed E-state index contributed by atoms with van der Waals surface area (Å²) in [6.45, 7) is 8.65. The second kappa shape index (κ2) is 11.3. The molecule has 124 valence electrons. The number of benzene rings is 1. The summed E-state index contributed by atoms with van der Waals surface area (Å²) in [6.07, 6.45) is 1.10. The van der Waals surface area contributed by atoms with Crippen molar-refractivity contribution in [2.45, 2.75) is 33.7 Å². The summed E-state index contributed by atoms with van der Waals surface area (Å²) in [4.78, 5) is 15.7. The molecule has 0 atom stereocenters. The van der Waals surface area contributed by atoms with E-state index in [9.17, 15) is 4.79 Å². The van der Waals surface area contributed by atoms with Crippen molar-refractivity contribution < 1.29 is 4.79 Å². The maximum absolute atomic E-state index is 11.2. The van der Waals surface area contributed by atoms with E-state index in [0.29, 0.717) is 18.0 Å². The highest BCUT2D eigenvalue weighted by atomic mass is 127. The standard InChI is InChI=1S/C16H26N4O.HI/c1-4-18-16(19-9-8-12(2)3)20-11-13-6-5-7-14(10-13)15(17)21;/h5-7,10,12H,4,8-9,11H2,1-3H3,(H2,17,21)(H2,18,19,20);1H. The normalized spacial score (nSPS) is 11.0. The molecule has 0 radical (unpaired) electrons. The number of aliphatic imine (C=N–C) groups is 1. The lowest BCUT2D eigenvalue weighted by Crippen LogP contribution is -2.38. The summed E-state index contributed by atoms with van der Waals surface area (Å²) >= 11 is 0. The third-order valence-corrected chi connectivity index (χ3v) is 2.99. The van der Waals surface area contributed by atoms with Gasteiger partial charge in [0.25, 0.3) is 0 Å². The van der Waals surface area contributed by atoms with Gasteiger partial charge in [-0.2, -0.15) is 0 Å². The smallest absolute Gasteiger partial charge is 0.248 e. The Hall–Kier alpha value is -1.31. The zero-order valence-corrected chi connectivity index (χ0v) is 15.9. The quantitative estimate of drug-likeness (QED) is 0.362. The highest BCUT2D eigenvalue weighted by molar-refractivity contribution is 14.0. The van der Waals surface area contributed by atoms with E-state index in [2.05, 4.69) is 29.5 Å². The Balaban J connectivity index is 0.00000441. The molecule has 5 nitrogen and oxygen atoms in total. The lowest BCUT2D eigenvalue weighted by Gasteiger charge is -2.12. The van der Waals surface area contributed by atoms with Crippen LogP contribution in [0, 0.1) is 5.92 Å². The topological polar surface area (TPSA) is 79.5 Å². The van der Waals surface area contributed by atoms with Crippen LogP contribution in [0.2, 0.25) is 0 Å². The molecule has 0 bridgehead atoms. The minimum Gasteiger partial charge on any atom is -0.366 e. The fraction of sp³-hybridized carbons (Fsp3) is 0.500. The predicted octanol–water partition coefficient (Wildman–Crippen LogP) is 2.50. The van der Waals surface area contributed by atoms with Gasteiger partial charge in [-0.15, -0.1) is 24.0 Å². The first-order chi connectivity index (χ1) is 10.0. The third kappa shape index (κ3) is 8.21. The average Bonchev–Trinajstić information content (AvgIpc) is 2.44. The summed E-state index contributed by atoms with van der Waals surface area (Å²) in [5.74, 6) is 1.04. The molecule has 22 heavy (non-hydrogen) atoms. The van der Waals surface area contributed by atoms with Gasteiger partial charge in [-0.1, -0.05) is 26.0 Å². The van der Waals surface area contributed by atoms with Gasteiger partial charge in [0.2, 0.25) is 5.91 Å². The lowest BCUT2D eigenvalue weighted by molar-refractivity contribution is 0.1000. The Bertz CT molecular complexity index is 489. The number of hydrogen-bond acceptors (Lipinski definition) is 2. The first kappa shape index (κ1) is 20.7. The maximum atomic E-state index is 11.2. The molecule has 0 aliphatic carbocycles. The molecule has 0 saturated carbocycles. The van der Waals surface area contributed by atoms with E-state index in [1.54, 1.807) is 12.1 Å². The highest BCUT2D eigenvalue weighted by Crippen LogP contribution is 2.06. The molecule has 1 amide bonds. The molecule has 0 saturated heterocycles. The molecule has 1 rings (SSSR count). The predicted molar refractivity (Wildman–Crippen MR) is 103 cm³/mol. The number of nitrogens with two attached hydrogens (primary N) is 1. The van der Waals surface area contributed by atoms with Crippen molar-refractivity contribution in [2.24, 2.45) is 16.6 Å². The molecule has 0 aliphatic rings. The monoisotopic (exact) mass is 418 g/mol. The molecule has 6 heteroatoms. The zero-order chi connectivity index (χ0) is 15.7. The molecule has 4 N–H and O–H groups in total. The number of halogens is 1. The van der Waals surface area contributed by atoms with Crippen molar-refractivity contribution in [3.05, 3.63) is 35.4 Å². The number of carbonyl (C=O) groups is 1. The summed E-state index contributed by atoms with van der Waals surface area (Å²) < 4.78 is 0. The van der Waals surface area contributed by atoms with Gasteiger partial charge in [0.15, 0.2) is 5.96 Å². The SMILES string of the molecule is CCNC(=NCc1cccc(C(N)=O)c1)NCCC(C)C.I. The summed E-state index contributed by atoms with van der Waals surface area (Å²) in [6, 6.07) is 7.25. The van der Waals surface area contributed by atoms with Crippen molar-refractivity contribution in [2.75, 3.05) is 13.1 Å². The second-order valence-corrected chi connectivity index (χ2v) is 5.37. The lowest BCUT2D eigenvalue weighted by atomic mass is 10.1. The van der Waals surface area contributed by atoms with Crippen molar-refractivity contribution in [1.29, 1.82) is 0 Å². The van der Waals surface area contributed by atoms with Crippen molar-refractivity contribution in [3.63, 3.8) is 0 Å². The molecule has 0 fully saturated rings. The van der Waals surface area contributed by atoms with Gasteiger partial charge in [0.05, 0.1) is 6.54 Å². The Morgan fingerprint density at radius 1 is 1.32 bits per heavy atom. The number of amides is 1. The number of primary amides is 1. The largest absolute Gasteiger partial charge is 0.366 e. The third-order valence-electron chi connectivity index (χ3n) is 2.99. The fourth-order valence-electron chi connectivity index (χ4n) is 1.81. The minimum atomic E-state index is -0.414. The van der Waals surface area contributed by atoms with Gasteiger partial charge in [-0.25, -0.2) is 4.99 Å². The van der Waals surface area contributed by atoms with Gasteiger partial charge < -0.3 is 16.4 Å². The van der Waals surface area contributed by atoms with Crippen molar-refractivity contribution >= 4 is 35.8 Å². The van der Waals surface area contributed by atoms with Crippen LogP contribution in [0.25, 0.3) is 0 Å². The van der Waals surface area contributed by atoms with Crippen LogP contribution in [-0.2, 0) is 6.54 Å². The van der Waals surface area contributed by atoms with Gasteiger partial charge in [0.1, 0.15) is 0 Å². The Labute approximate surface area is 150 Å². The van der Waals surface area contributed by atoms with Gasteiger partial charge in [0, 0.05) is 18.7 Å². The fourth-order valence-corrected chi connectivity index (χ4v) is 1.81. The van der Waals surface area contributed by atoms with Crippen molar-refractivity contribution in [1.82, 2.24) is 10.6 Å². The number of hydrogen-bond donors (Lipinski definition) is 3.